The Kier molecular flexibility index (Phi) is 6.08. The lowest BCUT2D eigenvalue weighted by atomic mass is 9.94. The van der Waals surface area contributed by atoms with Crippen molar-refractivity contribution in [3.05, 3.63) is 12.2 Å². The fourth-order valence-electron chi connectivity index (χ4n) is 3.92. The van der Waals surface area contributed by atoms with Crippen molar-refractivity contribution in [3.8, 4) is 0 Å². The van der Waals surface area contributed by atoms with E-state index < -0.39 is 0 Å². The summed E-state index contributed by atoms with van der Waals surface area (Å²) in [5.74, 6) is 1.11. The van der Waals surface area contributed by atoms with Crippen molar-refractivity contribution < 1.29 is 9.53 Å². The Labute approximate surface area is 140 Å². The lowest BCUT2D eigenvalue weighted by Crippen LogP contribution is -2.56. The number of allylic oxidation sites excluding steroid dienone is 2. The van der Waals surface area contributed by atoms with Gasteiger partial charge in [-0.2, -0.15) is 0 Å². The maximum absolute atomic E-state index is 12.6. The second kappa shape index (κ2) is 8.27. The van der Waals surface area contributed by atoms with Crippen molar-refractivity contribution in [2.24, 2.45) is 5.92 Å². The lowest BCUT2D eigenvalue weighted by Gasteiger charge is -2.40. The Morgan fingerprint density at radius 3 is 2.52 bits per heavy atom. The highest BCUT2D eigenvalue weighted by Crippen LogP contribution is 2.20. The van der Waals surface area contributed by atoms with Gasteiger partial charge in [0, 0.05) is 45.8 Å². The summed E-state index contributed by atoms with van der Waals surface area (Å²) >= 11 is 0. The van der Waals surface area contributed by atoms with Gasteiger partial charge in [-0.3, -0.25) is 9.69 Å². The molecule has 5 heteroatoms. The molecule has 0 N–H and O–H groups in total. The van der Waals surface area contributed by atoms with Crippen LogP contribution in [-0.2, 0) is 9.53 Å². The maximum atomic E-state index is 12.6. The molecule has 2 fully saturated rings. The molecule has 1 aliphatic carbocycles. The van der Waals surface area contributed by atoms with Gasteiger partial charge in [-0.05, 0) is 32.1 Å². The van der Waals surface area contributed by atoms with Crippen molar-refractivity contribution in [1.82, 2.24) is 14.7 Å². The Balaban J connectivity index is 1.42. The summed E-state index contributed by atoms with van der Waals surface area (Å²) in [6, 6.07) is 0.00728. The number of nitrogens with zero attached hydrogens (tertiary/aromatic N) is 3. The number of amides is 1. The molecular weight excluding hydrogens is 290 g/mol. The molecule has 3 aliphatic rings. The average molecular weight is 321 g/mol. The van der Waals surface area contributed by atoms with Crippen molar-refractivity contribution >= 4 is 5.91 Å². The Bertz CT molecular complexity index is 412. The number of carbonyl (C=O) groups excluding carboxylic acids is 1. The number of ether oxygens (including phenoxy) is 1. The van der Waals surface area contributed by atoms with E-state index in [1.54, 1.807) is 0 Å². The molecular formula is C18H31N3O2. The van der Waals surface area contributed by atoms with Gasteiger partial charge in [0.25, 0.3) is 0 Å². The van der Waals surface area contributed by atoms with Crippen LogP contribution in [0, 0.1) is 5.92 Å². The molecule has 0 aromatic carbocycles. The minimum absolute atomic E-state index is 0.00728. The van der Waals surface area contributed by atoms with E-state index in [1.165, 1.54) is 25.8 Å². The summed E-state index contributed by atoms with van der Waals surface area (Å²) in [6.07, 6.45) is 8.48. The van der Waals surface area contributed by atoms with Gasteiger partial charge in [0.15, 0.2) is 0 Å². The van der Waals surface area contributed by atoms with E-state index in [9.17, 15) is 4.79 Å². The molecule has 0 aromatic heterocycles. The topological polar surface area (TPSA) is 36.0 Å². The number of hydrogen-bond acceptors (Lipinski definition) is 4. The van der Waals surface area contributed by atoms with Gasteiger partial charge < -0.3 is 14.5 Å². The molecule has 2 heterocycles. The summed E-state index contributed by atoms with van der Waals surface area (Å²) in [5.41, 5.74) is 0. The summed E-state index contributed by atoms with van der Waals surface area (Å²) < 4.78 is 5.34. The maximum Gasteiger partial charge on any atom is 0.239 e. The van der Waals surface area contributed by atoms with E-state index >= 15 is 0 Å². The van der Waals surface area contributed by atoms with Gasteiger partial charge in [-0.25, -0.2) is 0 Å². The molecule has 2 saturated heterocycles. The fourth-order valence-corrected chi connectivity index (χ4v) is 3.92. The number of carbonyl (C=O) groups is 1. The zero-order valence-corrected chi connectivity index (χ0v) is 14.5. The van der Waals surface area contributed by atoms with E-state index in [-0.39, 0.29) is 11.9 Å². The van der Waals surface area contributed by atoms with Crippen molar-refractivity contribution in [2.45, 2.75) is 32.2 Å². The van der Waals surface area contributed by atoms with Gasteiger partial charge in [0.1, 0.15) is 0 Å². The smallest absolute Gasteiger partial charge is 0.239 e. The first-order valence-electron chi connectivity index (χ1n) is 9.22. The van der Waals surface area contributed by atoms with Crippen molar-refractivity contribution in [1.29, 1.82) is 0 Å². The SMILES string of the molecule is C[C@@H](C(=O)N1CCOCC1)N1CCN(C[C@H]2CC=CCC2)CC1. The van der Waals surface area contributed by atoms with E-state index in [0.717, 1.165) is 45.2 Å². The minimum atomic E-state index is 0.00728. The van der Waals surface area contributed by atoms with Gasteiger partial charge in [-0.1, -0.05) is 12.2 Å². The molecule has 5 nitrogen and oxygen atoms in total. The van der Waals surface area contributed by atoms with Crippen LogP contribution in [0.15, 0.2) is 12.2 Å². The number of piperazine rings is 1. The summed E-state index contributed by atoms with van der Waals surface area (Å²) in [6.45, 7) is 10.4. The molecule has 0 radical (unpaired) electrons. The monoisotopic (exact) mass is 321 g/mol. The molecule has 0 unspecified atom stereocenters. The van der Waals surface area contributed by atoms with E-state index in [0.29, 0.717) is 13.2 Å². The van der Waals surface area contributed by atoms with Crippen LogP contribution in [0.25, 0.3) is 0 Å². The number of hydrogen-bond donors (Lipinski definition) is 0. The molecule has 0 spiro atoms. The Morgan fingerprint density at radius 1 is 1.13 bits per heavy atom. The molecule has 2 aliphatic heterocycles. The van der Waals surface area contributed by atoms with Crippen molar-refractivity contribution in [3.63, 3.8) is 0 Å². The number of rotatable bonds is 4. The quantitative estimate of drug-likeness (QED) is 0.729. The fraction of sp³-hybridized carbons (Fsp3) is 0.833. The first kappa shape index (κ1) is 16.9. The predicted octanol–water partition coefficient (Wildman–Crippen LogP) is 1.21. The Hall–Kier alpha value is -0.910. The Morgan fingerprint density at radius 2 is 1.87 bits per heavy atom. The average Bonchev–Trinajstić information content (AvgIpc) is 2.63. The first-order chi connectivity index (χ1) is 11.2. The van der Waals surface area contributed by atoms with Crippen LogP contribution in [0.4, 0.5) is 0 Å². The summed E-state index contributed by atoms with van der Waals surface area (Å²) in [4.78, 5) is 19.5. The van der Waals surface area contributed by atoms with Crippen LogP contribution < -0.4 is 0 Å². The van der Waals surface area contributed by atoms with Crippen LogP contribution in [0.2, 0.25) is 0 Å². The second-order valence-corrected chi connectivity index (χ2v) is 7.10. The van der Waals surface area contributed by atoms with Crippen LogP contribution in [-0.4, -0.2) is 85.7 Å². The molecule has 3 rings (SSSR count). The molecule has 0 saturated carbocycles. The molecule has 2 atom stereocenters. The molecule has 0 bridgehead atoms. The normalized spacial score (nSPS) is 28.7. The predicted molar refractivity (Wildman–Crippen MR) is 91.4 cm³/mol. The third kappa shape index (κ3) is 4.55. The third-order valence-electron chi connectivity index (χ3n) is 5.53. The first-order valence-corrected chi connectivity index (χ1v) is 9.22. The van der Waals surface area contributed by atoms with Gasteiger partial charge >= 0.3 is 0 Å². The van der Waals surface area contributed by atoms with Gasteiger partial charge in [0.05, 0.1) is 19.3 Å². The van der Waals surface area contributed by atoms with Crippen LogP contribution in [0.5, 0.6) is 0 Å². The highest BCUT2D eigenvalue weighted by Gasteiger charge is 2.29. The molecule has 1 amide bonds. The van der Waals surface area contributed by atoms with E-state index in [1.807, 2.05) is 4.90 Å². The van der Waals surface area contributed by atoms with E-state index in [2.05, 4.69) is 28.9 Å². The summed E-state index contributed by atoms with van der Waals surface area (Å²) in [7, 11) is 0. The van der Waals surface area contributed by atoms with Crippen LogP contribution >= 0.6 is 0 Å². The molecule has 0 aromatic rings. The standard InChI is InChI=1S/C18H31N3O2/c1-16(18(22)21-11-13-23-14-12-21)20-9-7-19(8-10-20)15-17-5-3-2-4-6-17/h2-3,16-17H,4-15H2,1H3/t16-,17-/m0/s1. The third-order valence-corrected chi connectivity index (χ3v) is 5.53. The zero-order valence-electron chi connectivity index (χ0n) is 14.5. The van der Waals surface area contributed by atoms with Gasteiger partial charge in [-0.15, -0.1) is 0 Å². The highest BCUT2D eigenvalue weighted by atomic mass is 16.5. The molecule has 130 valence electrons. The second-order valence-electron chi connectivity index (χ2n) is 7.10. The zero-order chi connectivity index (χ0) is 16.1. The van der Waals surface area contributed by atoms with Gasteiger partial charge in [0.2, 0.25) is 5.91 Å². The highest BCUT2D eigenvalue weighted by molar-refractivity contribution is 5.81. The van der Waals surface area contributed by atoms with E-state index in [4.69, 9.17) is 4.74 Å². The lowest BCUT2D eigenvalue weighted by molar-refractivity contribution is -0.141. The van der Waals surface area contributed by atoms with Crippen LogP contribution in [0.3, 0.4) is 0 Å². The van der Waals surface area contributed by atoms with Crippen molar-refractivity contribution in [2.75, 3.05) is 59.0 Å². The summed E-state index contributed by atoms with van der Waals surface area (Å²) in [5, 5.41) is 0. The van der Waals surface area contributed by atoms with Crippen LogP contribution in [0.1, 0.15) is 26.2 Å². The minimum Gasteiger partial charge on any atom is -0.378 e. The molecule has 23 heavy (non-hydrogen) atoms. The number of morpholine rings is 1. The largest absolute Gasteiger partial charge is 0.378 e.